The number of amides is 3. The van der Waals surface area contributed by atoms with Gasteiger partial charge in [0.05, 0.1) is 17.3 Å². The minimum Gasteiger partial charge on any atom is -0.348 e. The van der Waals surface area contributed by atoms with E-state index in [0.717, 1.165) is 18.1 Å². The van der Waals surface area contributed by atoms with Crippen molar-refractivity contribution < 1.29 is 18.8 Å². The highest BCUT2D eigenvalue weighted by atomic mass is 19.1. The third kappa shape index (κ3) is 3.60. The van der Waals surface area contributed by atoms with Gasteiger partial charge in [-0.15, -0.1) is 0 Å². The monoisotopic (exact) mass is 395 g/mol. The van der Waals surface area contributed by atoms with Crippen molar-refractivity contribution in [2.45, 2.75) is 31.8 Å². The van der Waals surface area contributed by atoms with Crippen LogP contribution in [0.3, 0.4) is 0 Å². The molecule has 0 bridgehead atoms. The molecule has 0 unspecified atom stereocenters. The molecule has 0 saturated carbocycles. The minimum atomic E-state index is -0.614. The fourth-order valence-corrected chi connectivity index (χ4v) is 4.05. The zero-order valence-corrected chi connectivity index (χ0v) is 16.1. The van der Waals surface area contributed by atoms with Gasteiger partial charge in [0.15, 0.2) is 0 Å². The molecule has 2 aromatic carbocycles. The van der Waals surface area contributed by atoms with Crippen molar-refractivity contribution in [3.63, 3.8) is 0 Å². The standard InChI is InChI=1S/C22H22FN3O3/c1-14(15-6-3-2-4-7-15)24-20(27)13-26-19-12-16(23)9-10-17(19)21(28)25-11-5-8-18(25)22(26)29/h2-4,6-7,9-10,12,14,18H,5,8,11,13H2,1H3,(H,24,27)/t14-,18+/m1/s1. The average Bonchev–Trinajstić information content (AvgIpc) is 3.19. The molecule has 6 nitrogen and oxygen atoms in total. The number of rotatable bonds is 4. The lowest BCUT2D eigenvalue weighted by atomic mass is 10.1. The minimum absolute atomic E-state index is 0.150. The summed E-state index contributed by atoms with van der Waals surface area (Å²) in [7, 11) is 0. The summed E-state index contributed by atoms with van der Waals surface area (Å²) in [5.74, 6) is -1.57. The number of benzene rings is 2. The number of nitrogens with one attached hydrogen (secondary N) is 1. The molecule has 4 rings (SSSR count). The van der Waals surface area contributed by atoms with E-state index in [1.165, 1.54) is 21.9 Å². The molecule has 0 aliphatic carbocycles. The predicted octanol–water partition coefficient (Wildman–Crippen LogP) is 2.65. The number of nitrogens with zero attached hydrogens (tertiary/aromatic N) is 2. The van der Waals surface area contributed by atoms with Crippen molar-refractivity contribution in [1.82, 2.24) is 10.2 Å². The summed E-state index contributed by atoms with van der Waals surface area (Å²) in [4.78, 5) is 41.6. The Kier molecular flexibility index (Phi) is 5.05. The summed E-state index contributed by atoms with van der Waals surface area (Å²) in [6.07, 6.45) is 1.27. The van der Waals surface area contributed by atoms with Crippen LogP contribution in [-0.2, 0) is 9.59 Å². The lowest BCUT2D eigenvalue weighted by Crippen LogP contribution is -2.48. The molecule has 7 heteroatoms. The van der Waals surface area contributed by atoms with Gasteiger partial charge in [-0.05, 0) is 43.5 Å². The smallest absolute Gasteiger partial charge is 0.256 e. The Hall–Kier alpha value is -3.22. The van der Waals surface area contributed by atoms with Gasteiger partial charge in [-0.2, -0.15) is 0 Å². The van der Waals surface area contributed by atoms with Crippen molar-refractivity contribution in [1.29, 1.82) is 0 Å². The summed E-state index contributed by atoms with van der Waals surface area (Å²) in [6, 6.07) is 12.4. The number of carbonyl (C=O) groups excluding carboxylic acids is 3. The first-order chi connectivity index (χ1) is 14.0. The van der Waals surface area contributed by atoms with E-state index in [2.05, 4.69) is 5.32 Å². The summed E-state index contributed by atoms with van der Waals surface area (Å²) in [6.45, 7) is 2.06. The Balaban J connectivity index is 1.62. The molecule has 0 aromatic heterocycles. The molecule has 2 aliphatic rings. The molecule has 2 aromatic rings. The van der Waals surface area contributed by atoms with Crippen LogP contribution in [0.4, 0.5) is 10.1 Å². The van der Waals surface area contributed by atoms with Crippen LogP contribution in [0.25, 0.3) is 0 Å². The summed E-state index contributed by atoms with van der Waals surface area (Å²) >= 11 is 0. The summed E-state index contributed by atoms with van der Waals surface area (Å²) < 4.78 is 14.0. The highest BCUT2D eigenvalue weighted by Crippen LogP contribution is 2.32. The molecule has 2 atom stereocenters. The van der Waals surface area contributed by atoms with E-state index in [0.29, 0.717) is 13.0 Å². The third-order valence-electron chi connectivity index (χ3n) is 5.52. The largest absolute Gasteiger partial charge is 0.348 e. The van der Waals surface area contributed by atoms with E-state index in [1.54, 1.807) is 0 Å². The first-order valence-corrected chi connectivity index (χ1v) is 9.72. The maximum atomic E-state index is 14.0. The molecule has 150 valence electrons. The summed E-state index contributed by atoms with van der Waals surface area (Å²) in [5.41, 5.74) is 1.33. The lowest BCUT2D eigenvalue weighted by Gasteiger charge is -2.26. The van der Waals surface area contributed by atoms with E-state index in [1.807, 2.05) is 37.3 Å². The Bertz CT molecular complexity index is 963. The van der Waals surface area contributed by atoms with E-state index in [9.17, 15) is 18.8 Å². The average molecular weight is 395 g/mol. The van der Waals surface area contributed by atoms with Gasteiger partial charge in [-0.3, -0.25) is 14.4 Å². The van der Waals surface area contributed by atoms with E-state index < -0.39 is 11.9 Å². The van der Waals surface area contributed by atoms with Crippen LogP contribution >= 0.6 is 0 Å². The van der Waals surface area contributed by atoms with Crippen molar-refractivity contribution >= 4 is 23.4 Å². The van der Waals surface area contributed by atoms with Crippen molar-refractivity contribution in [2.24, 2.45) is 0 Å². The number of hydrogen-bond acceptors (Lipinski definition) is 3. The van der Waals surface area contributed by atoms with Crippen LogP contribution in [0.5, 0.6) is 0 Å². The Labute approximate surface area is 168 Å². The van der Waals surface area contributed by atoms with Crippen LogP contribution in [0.15, 0.2) is 48.5 Å². The topological polar surface area (TPSA) is 69.7 Å². The second-order valence-corrected chi connectivity index (χ2v) is 7.44. The fraction of sp³-hybridized carbons (Fsp3) is 0.318. The molecule has 3 amide bonds. The van der Waals surface area contributed by atoms with Crippen LogP contribution in [0.1, 0.15) is 41.7 Å². The fourth-order valence-electron chi connectivity index (χ4n) is 4.05. The van der Waals surface area contributed by atoms with Crippen LogP contribution in [0.2, 0.25) is 0 Å². The molecule has 0 radical (unpaired) electrons. The molecule has 0 spiro atoms. The second-order valence-electron chi connectivity index (χ2n) is 7.44. The zero-order valence-electron chi connectivity index (χ0n) is 16.1. The van der Waals surface area contributed by atoms with Gasteiger partial charge in [0, 0.05) is 6.54 Å². The molecular weight excluding hydrogens is 373 g/mol. The Morgan fingerprint density at radius 2 is 1.97 bits per heavy atom. The van der Waals surface area contributed by atoms with Gasteiger partial charge in [0.25, 0.3) is 5.91 Å². The normalized spacial score (nSPS) is 19.4. The third-order valence-corrected chi connectivity index (χ3v) is 5.52. The maximum Gasteiger partial charge on any atom is 0.256 e. The predicted molar refractivity (Wildman–Crippen MR) is 106 cm³/mol. The number of hydrogen-bond donors (Lipinski definition) is 1. The first-order valence-electron chi connectivity index (χ1n) is 9.72. The molecule has 2 aliphatic heterocycles. The van der Waals surface area contributed by atoms with Crippen molar-refractivity contribution in [3.8, 4) is 0 Å². The van der Waals surface area contributed by atoms with Crippen molar-refractivity contribution in [2.75, 3.05) is 18.0 Å². The quantitative estimate of drug-likeness (QED) is 0.865. The van der Waals surface area contributed by atoms with Gasteiger partial charge in [0.2, 0.25) is 11.8 Å². The van der Waals surface area contributed by atoms with E-state index >= 15 is 0 Å². The van der Waals surface area contributed by atoms with Gasteiger partial charge in [0.1, 0.15) is 18.4 Å². The Morgan fingerprint density at radius 1 is 1.21 bits per heavy atom. The van der Waals surface area contributed by atoms with Crippen LogP contribution in [-0.4, -0.2) is 41.8 Å². The van der Waals surface area contributed by atoms with E-state index in [-0.39, 0.29) is 41.6 Å². The number of fused-ring (bicyclic) bond motifs is 2. The van der Waals surface area contributed by atoms with Gasteiger partial charge < -0.3 is 15.1 Å². The molecule has 29 heavy (non-hydrogen) atoms. The van der Waals surface area contributed by atoms with Gasteiger partial charge in [-0.25, -0.2) is 4.39 Å². The number of halogens is 1. The highest BCUT2D eigenvalue weighted by molar-refractivity contribution is 6.12. The SMILES string of the molecule is C[C@@H](NC(=O)CN1C(=O)[C@@H]2CCCN2C(=O)c2ccc(F)cc21)c1ccccc1. The molecule has 1 N–H and O–H groups in total. The van der Waals surface area contributed by atoms with Gasteiger partial charge in [-0.1, -0.05) is 30.3 Å². The summed E-state index contributed by atoms with van der Waals surface area (Å²) in [5, 5.41) is 2.88. The molecule has 1 fully saturated rings. The second kappa shape index (κ2) is 7.66. The molecular formula is C22H22FN3O3. The number of carbonyl (C=O) groups is 3. The van der Waals surface area contributed by atoms with Crippen LogP contribution in [0, 0.1) is 5.82 Å². The van der Waals surface area contributed by atoms with Crippen molar-refractivity contribution in [3.05, 3.63) is 65.5 Å². The van der Waals surface area contributed by atoms with Gasteiger partial charge >= 0.3 is 0 Å². The maximum absolute atomic E-state index is 14.0. The Morgan fingerprint density at radius 3 is 2.72 bits per heavy atom. The number of anilines is 1. The van der Waals surface area contributed by atoms with Crippen LogP contribution < -0.4 is 10.2 Å². The highest BCUT2D eigenvalue weighted by Gasteiger charge is 2.42. The molecule has 2 heterocycles. The molecule has 1 saturated heterocycles. The lowest BCUT2D eigenvalue weighted by molar-refractivity contribution is -0.126. The first kappa shape index (κ1) is 19.1. The van der Waals surface area contributed by atoms with E-state index in [4.69, 9.17) is 0 Å². The zero-order chi connectivity index (χ0) is 20.5.